The van der Waals surface area contributed by atoms with E-state index >= 15 is 0 Å². The fourth-order valence-electron chi connectivity index (χ4n) is 3.71. The van der Waals surface area contributed by atoms with Crippen LogP contribution >= 0.6 is 0 Å². The second-order valence-corrected chi connectivity index (χ2v) is 7.57. The maximum absolute atomic E-state index is 12.4. The highest BCUT2D eigenvalue weighted by Crippen LogP contribution is 2.36. The van der Waals surface area contributed by atoms with Crippen LogP contribution in [0, 0.1) is 0 Å². The molecule has 27 heavy (non-hydrogen) atoms. The van der Waals surface area contributed by atoms with Crippen molar-refractivity contribution in [2.24, 2.45) is 0 Å². The van der Waals surface area contributed by atoms with Crippen LogP contribution in [0.3, 0.4) is 0 Å². The van der Waals surface area contributed by atoms with Crippen molar-refractivity contribution in [2.45, 2.75) is 49.8 Å². The Kier molecular flexibility index (Phi) is 8.79. The van der Waals surface area contributed by atoms with Crippen LogP contribution in [0.2, 0.25) is 0 Å². The zero-order chi connectivity index (χ0) is 19.3. The van der Waals surface area contributed by atoms with Crippen molar-refractivity contribution >= 4 is 16.4 Å². The van der Waals surface area contributed by atoms with Crippen LogP contribution in [0.4, 0.5) is 0 Å². The Labute approximate surface area is 158 Å². The lowest BCUT2D eigenvalue weighted by Gasteiger charge is -2.36. The number of esters is 1. The van der Waals surface area contributed by atoms with Gasteiger partial charge in [0, 0.05) is 12.1 Å². The number of hydrogen-bond acceptors (Lipinski definition) is 6. The molecule has 2 aliphatic heterocycles. The number of hydrogen-bond donors (Lipinski definition) is 3. The molecule has 0 saturated carbocycles. The minimum Gasteiger partial charge on any atom is -0.462 e. The predicted octanol–water partition coefficient (Wildman–Crippen LogP) is 0.453. The molecule has 3 rings (SSSR count). The summed E-state index contributed by atoms with van der Waals surface area (Å²) in [7, 11) is -2.50. The molecular weight excluding hydrogens is 378 g/mol. The first kappa shape index (κ1) is 23.5. The average Bonchev–Trinajstić information content (AvgIpc) is 2.77. The second kappa shape index (κ2) is 10.1. The highest BCUT2D eigenvalue weighted by atomic mass is 32.3. The van der Waals surface area contributed by atoms with Gasteiger partial charge in [0.1, 0.15) is 12.0 Å². The fraction of sp³-hybridized carbons (Fsp3) is 0.588. The summed E-state index contributed by atoms with van der Waals surface area (Å²) in [5.41, 5.74) is 0.820. The van der Waals surface area contributed by atoms with Crippen LogP contribution in [-0.4, -0.2) is 70.8 Å². The van der Waals surface area contributed by atoms with E-state index in [9.17, 15) is 9.90 Å². The molecule has 154 valence electrons. The molecule has 0 radical (unpaired) electrons. The van der Waals surface area contributed by atoms with Gasteiger partial charge in [0.05, 0.1) is 6.61 Å². The minimum absolute atomic E-state index is 0. The number of aliphatic hydroxyl groups excluding tert-OH is 1. The van der Waals surface area contributed by atoms with Crippen LogP contribution in [0.1, 0.15) is 37.2 Å². The van der Waals surface area contributed by atoms with Crippen molar-refractivity contribution < 1.29 is 37.6 Å². The van der Waals surface area contributed by atoms with Crippen molar-refractivity contribution in [3.05, 3.63) is 35.9 Å². The summed E-state index contributed by atoms with van der Waals surface area (Å²) >= 11 is 0. The Balaban J connectivity index is 0.000000542. The largest absolute Gasteiger partial charge is 0.462 e. The first-order valence-electron chi connectivity index (χ1n) is 8.47. The van der Waals surface area contributed by atoms with Gasteiger partial charge in [0.25, 0.3) is 0 Å². The zero-order valence-corrected chi connectivity index (χ0v) is 15.9. The van der Waals surface area contributed by atoms with Crippen LogP contribution in [0.25, 0.3) is 0 Å². The van der Waals surface area contributed by atoms with E-state index in [1.165, 1.54) is 12.8 Å². The van der Waals surface area contributed by atoms with E-state index in [0.29, 0.717) is 12.1 Å². The Morgan fingerprint density at radius 1 is 1.19 bits per heavy atom. The molecule has 9 nitrogen and oxygen atoms in total. The molecule has 1 aromatic carbocycles. The number of ether oxygens (including phenoxy) is 1. The monoisotopic (exact) mass is 405 g/mol. The van der Waals surface area contributed by atoms with E-state index in [2.05, 4.69) is 11.9 Å². The molecule has 2 fully saturated rings. The quantitative estimate of drug-likeness (QED) is 0.481. The van der Waals surface area contributed by atoms with E-state index in [4.69, 9.17) is 22.3 Å². The summed E-state index contributed by atoms with van der Waals surface area (Å²) in [6.07, 6.45) is 4.26. The van der Waals surface area contributed by atoms with Crippen molar-refractivity contribution in [3.8, 4) is 0 Å². The van der Waals surface area contributed by atoms with Crippen LogP contribution in [0.15, 0.2) is 30.3 Å². The highest BCUT2D eigenvalue weighted by molar-refractivity contribution is 7.79. The molecule has 0 aliphatic carbocycles. The molecule has 4 atom stereocenters. The number of aliphatic hydroxyl groups is 1. The van der Waals surface area contributed by atoms with Crippen molar-refractivity contribution in [1.29, 1.82) is 0 Å². The average molecular weight is 405 g/mol. The number of rotatable bonds is 4. The number of carbonyl (C=O) groups excluding carboxylic acids is 1. The zero-order valence-electron chi connectivity index (χ0n) is 15.1. The Morgan fingerprint density at radius 3 is 2.11 bits per heavy atom. The Bertz CT molecular complexity index is 674. The normalized spacial score (nSPS) is 25.6. The standard InChI is InChI=1S/C17H23NO3.H2O4S.H2O/c1-18-13-7-8-14(18)10-15(9-13)21-17(20)16(11-19)12-5-3-2-4-6-12;1-5(2,3)4;/h2-6,13-16,19H,7-11H2,1H3;(H2,1,2,3,4);1H2/t13-,14+,15?,16?;;. The van der Waals surface area contributed by atoms with Crippen molar-refractivity contribution in [3.63, 3.8) is 0 Å². The van der Waals surface area contributed by atoms with Gasteiger partial charge >= 0.3 is 16.4 Å². The fourth-order valence-corrected chi connectivity index (χ4v) is 3.71. The second-order valence-electron chi connectivity index (χ2n) is 6.67. The van der Waals surface area contributed by atoms with Crippen molar-refractivity contribution in [1.82, 2.24) is 4.90 Å². The number of carbonyl (C=O) groups is 1. The smallest absolute Gasteiger partial charge is 0.394 e. The maximum Gasteiger partial charge on any atom is 0.394 e. The molecule has 2 bridgehead atoms. The first-order chi connectivity index (χ1) is 12.2. The van der Waals surface area contributed by atoms with Gasteiger partial charge in [-0.15, -0.1) is 0 Å². The summed E-state index contributed by atoms with van der Waals surface area (Å²) < 4.78 is 37.3. The third-order valence-corrected chi connectivity index (χ3v) is 5.01. The molecule has 0 spiro atoms. The summed E-state index contributed by atoms with van der Waals surface area (Å²) in [5.74, 6) is -0.860. The van der Waals surface area contributed by atoms with Gasteiger partial charge in [-0.25, -0.2) is 0 Å². The van der Waals surface area contributed by atoms with E-state index in [1.807, 2.05) is 30.3 Å². The number of benzene rings is 1. The topological polar surface area (TPSA) is 156 Å². The Hall–Kier alpha value is -1.56. The molecule has 2 aliphatic rings. The number of piperidine rings is 1. The third-order valence-electron chi connectivity index (χ3n) is 5.01. The van der Waals surface area contributed by atoms with Gasteiger partial charge in [0.2, 0.25) is 0 Å². The highest BCUT2D eigenvalue weighted by Gasteiger charge is 2.40. The molecule has 2 heterocycles. The lowest BCUT2D eigenvalue weighted by Crippen LogP contribution is -2.43. The molecule has 0 amide bonds. The van der Waals surface area contributed by atoms with E-state index in [1.54, 1.807) is 0 Å². The number of nitrogens with zero attached hydrogens (tertiary/aromatic N) is 1. The molecule has 1 aromatic rings. The van der Waals surface area contributed by atoms with Gasteiger partial charge in [-0.05, 0) is 38.3 Å². The molecule has 2 unspecified atom stereocenters. The summed E-state index contributed by atoms with van der Waals surface area (Å²) in [4.78, 5) is 14.8. The molecule has 5 N–H and O–H groups in total. The Morgan fingerprint density at radius 2 is 1.67 bits per heavy atom. The minimum atomic E-state index is -4.67. The molecule has 0 aromatic heterocycles. The number of fused-ring (bicyclic) bond motifs is 2. The predicted molar refractivity (Wildman–Crippen MR) is 97.7 cm³/mol. The van der Waals surface area contributed by atoms with E-state index in [-0.39, 0.29) is 24.2 Å². The van der Waals surface area contributed by atoms with E-state index in [0.717, 1.165) is 18.4 Å². The maximum atomic E-state index is 12.4. The van der Waals surface area contributed by atoms with Crippen LogP contribution < -0.4 is 0 Å². The third kappa shape index (κ3) is 7.17. The SMILES string of the molecule is CN1[C@@H]2CC[C@H]1CC(OC(=O)C(CO)c1ccccc1)C2.O.O=S(=O)(O)O. The summed E-state index contributed by atoms with van der Waals surface area (Å²) in [6.45, 7) is -0.206. The lowest BCUT2D eigenvalue weighted by atomic mass is 9.98. The molecule has 10 heteroatoms. The van der Waals surface area contributed by atoms with Gasteiger partial charge < -0.3 is 20.2 Å². The van der Waals surface area contributed by atoms with Crippen LogP contribution in [-0.2, 0) is 19.9 Å². The van der Waals surface area contributed by atoms with Crippen LogP contribution in [0.5, 0.6) is 0 Å². The lowest BCUT2D eigenvalue weighted by molar-refractivity contribution is -0.155. The van der Waals surface area contributed by atoms with Gasteiger partial charge in [-0.2, -0.15) is 8.42 Å². The summed E-state index contributed by atoms with van der Waals surface area (Å²) in [5, 5.41) is 9.53. The van der Waals surface area contributed by atoms with Gasteiger partial charge in [-0.3, -0.25) is 13.9 Å². The molecule has 2 saturated heterocycles. The van der Waals surface area contributed by atoms with E-state index < -0.39 is 16.3 Å². The van der Waals surface area contributed by atoms with Gasteiger partial charge in [0.15, 0.2) is 0 Å². The van der Waals surface area contributed by atoms with Crippen molar-refractivity contribution in [2.75, 3.05) is 13.7 Å². The summed E-state index contributed by atoms with van der Waals surface area (Å²) in [6, 6.07) is 10.5. The first-order valence-corrected chi connectivity index (χ1v) is 9.87. The van der Waals surface area contributed by atoms with Gasteiger partial charge in [-0.1, -0.05) is 30.3 Å². The molecular formula is C17H27NO8S.